The second-order valence-electron chi connectivity index (χ2n) is 7.62. The van der Waals surface area contributed by atoms with E-state index in [2.05, 4.69) is 21.2 Å². The summed E-state index contributed by atoms with van der Waals surface area (Å²) in [5.74, 6) is 0.594. The zero-order chi connectivity index (χ0) is 22.1. The van der Waals surface area contributed by atoms with Crippen LogP contribution in [0, 0.1) is 0 Å². The quantitative estimate of drug-likeness (QED) is 0.429. The lowest BCUT2D eigenvalue weighted by Crippen LogP contribution is -2.04. The van der Waals surface area contributed by atoms with Crippen molar-refractivity contribution in [2.45, 2.75) is 11.3 Å². The minimum absolute atomic E-state index is 0.267. The topological polar surface area (TPSA) is 88.6 Å². The summed E-state index contributed by atoms with van der Waals surface area (Å²) in [6, 6.07) is 24.6. The Balaban J connectivity index is 1.60. The molecule has 32 heavy (non-hydrogen) atoms. The molecule has 1 N–H and O–H groups in total. The van der Waals surface area contributed by atoms with Crippen LogP contribution in [-0.2, 0) is 16.3 Å². The van der Waals surface area contributed by atoms with Gasteiger partial charge in [0.25, 0.3) is 0 Å². The number of aromatic amines is 1. The first kappa shape index (κ1) is 20.1. The van der Waals surface area contributed by atoms with Gasteiger partial charge in [0.1, 0.15) is 11.4 Å². The summed E-state index contributed by atoms with van der Waals surface area (Å²) >= 11 is 0. The fraction of sp³-hybridized carbons (Fsp3) is 0.0800. The SMILES string of the molecule is CS(=O)(=O)c1ccc(-c2nc(Cc3c[nH]c4ccccc34)nnc2-c2ccccc2)cc1. The van der Waals surface area contributed by atoms with E-state index in [1.54, 1.807) is 24.3 Å². The van der Waals surface area contributed by atoms with Crippen molar-refractivity contribution < 1.29 is 8.42 Å². The van der Waals surface area contributed by atoms with E-state index < -0.39 is 9.84 Å². The molecule has 2 aromatic heterocycles. The van der Waals surface area contributed by atoms with E-state index in [1.165, 1.54) is 6.26 Å². The maximum absolute atomic E-state index is 11.9. The average molecular weight is 441 g/mol. The minimum Gasteiger partial charge on any atom is -0.361 e. The summed E-state index contributed by atoms with van der Waals surface area (Å²) in [5, 5.41) is 10.1. The number of H-pyrrole nitrogens is 1. The molecule has 0 spiro atoms. The van der Waals surface area contributed by atoms with Crippen LogP contribution in [0.4, 0.5) is 0 Å². The number of hydrogen-bond acceptors (Lipinski definition) is 5. The third kappa shape index (κ3) is 3.90. The Bertz CT molecular complexity index is 1510. The van der Waals surface area contributed by atoms with E-state index in [-0.39, 0.29) is 4.90 Å². The van der Waals surface area contributed by atoms with Gasteiger partial charge in [-0.05, 0) is 23.8 Å². The third-order valence-corrected chi connectivity index (χ3v) is 6.49. The van der Waals surface area contributed by atoms with E-state index in [0.717, 1.165) is 27.6 Å². The van der Waals surface area contributed by atoms with Crippen LogP contribution in [0.3, 0.4) is 0 Å². The van der Waals surface area contributed by atoms with Crippen molar-refractivity contribution in [3.63, 3.8) is 0 Å². The van der Waals surface area contributed by atoms with Crippen molar-refractivity contribution in [3.05, 3.63) is 96.4 Å². The molecule has 0 amide bonds. The average Bonchev–Trinajstić information content (AvgIpc) is 3.22. The molecule has 0 unspecified atom stereocenters. The van der Waals surface area contributed by atoms with Crippen LogP contribution in [0.25, 0.3) is 33.4 Å². The largest absolute Gasteiger partial charge is 0.361 e. The summed E-state index contributed by atoms with van der Waals surface area (Å²) in [4.78, 5) is 8.40. The molecule has 0 aliphatic rings. The van der Waals surface area contributed by atoms with Crippen LogP contribution in [-0.4, -0.2) is 34.8 Å². The molecule has 0 radical (unpaired) electrons. The molecule has 2 heterocycles. The van der Waals surface area contributed by atoms with Crippen LogP contribution >= 0.6 is 0 Å². The molecule has 0 aliphatic heterocycles. The van der Waals surface area contributed by atoms with E-state index in [0.29, 0.717) is 23.6 Å². The maximum Gasteiger partial charge on any atom is 0.175 e. The first-order valence-electron chi connectivity index (χ1n) is 10.1. The Morgan fingerprint density at radius 1 is 0.781 bits per heavy atom. The third-order valence-electron chi connectivity index (χ3n) is 5.36. The number of aromatic nitrogens is 4. The summed E-state index contributed by atoms with van der Waals surface area (Å²) in [7, 11) is -3.28. The predicted octanol–water partition coefficient (Wildman–Crippen LogP) is 4.68. The Kier molecular flexibility index (Phi) is 5.03. The van der Waals surface area contributed by atoms with Gasteiger partial charge in [0.05, 0.1) is 4.90 Å². The Hall–Kier alpha value is -3.84. The van der Waals surface area contributed by atoms with E-state index in [9.17, 15) is 8.42 Å². The second kappa shape index (κ2) is 8.01. The lowest BCUT2D eigenvalue weighted by molar-refractivity contribution is 0.602. The molecule has 0 atom stereocenters. The van der Waals surface area contributed by atoms with Gasteiger partial charge in [0.2, 0.25) is 0 Å². The number of fused-ring (bicyclic) bond motifs is 1. The van der Waals surface area contributed by atoms with Gasteiger partial charge in [-0.15, -0.1) is 10.2 Å². The van der Waals surface area contributed by atoms with Crippen molar-refractivity contribution in [2.75, 3.05) is 6.26 Å². The van der Waals surface area contributed by atoms with Crippen molar-refractivity contribution in [3.8, 4) is 22.5 Å². The number of para-hydroxylation sites is 1. The van der Waals surface area contributed by atoms with Gasteiger partial charge in [0, 0.05) is 40.9 Å². The summed E-state index contributed by atoms with van der Waals surface area (Å²) in [5.41, 5.74) is 5.15. The molecule has 0 saturated heterocycles. The fourth-order valence-corrected chi connectivity index (χ4v) is 4.36. The lowest BCUT2D eigenvalue weighted by Gasteiger charge is -2.10. The van der Waals surface area contributed by atoms with E-state index in [1.807, 2.05) is 54.7 Å². The number of rotatable bonds is 5. The van der Waals surface area contributed by atoms with Gasteiger partial charge in [-0.1, -0.05) is 60.7 Å². The van der Waals surface area contributed by atoms with Crippen molar-refractivity contribution in [1.82, 2.24) is 20.2 Å². The van der Waals surface area contributed by atoms with Crippen LogP contribution in [0.5, 0.6) is 0 Å². The normalized spacial score (nSPS) is 11.7. The standard InChI is InChI=1S/C25H20N4O2S/c1-32(30,31)20-13-11-18(12-14-20)24-25(17-7-3-2-4-8-17)29-28-23(27-24)15-19-16-26-22-10-6-5-9-21(19)22/h2-14,16,26H,15H2,1H3. The predicted molar refractivity (Wildman–Crippen MR) is 125 cm³/mol. The van der Waals surface area contributed by atoms with Gasteiger partial charge in [-0.2, -0.15) is 0 Å². The van der Waals surface area contributed by atoms with Crippen LogP contribution in [0.15, 0.2) is 90.0 Å². The molecule has 6 nitrogen and oxygen atoms in total. The molecular formula is C25H20N4O2S. The number of sulfone groups is 1. The Morgan fingerprint density at radius 2 is 1.47 bits per heavy atom. The molecule has 0 saturated carbocycles. The monoisotopic (exact) mass is 440 g/mol. The van der Waals surface area contributed by atoms with Crippen LogP contribution < -0.4 is 0 Å². The van der Waals surface area contributed by atoms with Gasteiger partial charge in [-0.25, -0.2) is 13.4 Å². The molecule has 158 valence electrons. The first-order valence-corrected chi connectivity index (χ1v) is 12.0. The molecule has 3 aromatic carbocycles. The van der Waals surface area contributed by atoms with Crippen LogP contribution in [0.2, 0.25) is 0 Å². The molecule has 5 rings (SSSR count). The van der Waals surface area contributed by atoms with Gasteiger partial charge in [-0.3, -0.25) is 0 Å². The molecular weight excluding hydrogens is 420 g/mol. The Morgan fingerprint density at radius 3 is 2.22 bits per heavy atom. The summed E-state index contributed by atoms with van der Waals surface area (Å²) in [6.45, 7) is 0. The molecule has 5 aromatic rings. The number of benzene rings is 3. The zero-order valence-electron chi connectivity index (χ0n) is 17.4. The number of hydrogen-bond donors (Lipinski definition) is 1. The minimum atomic E-state index is -3.28. The lowest BCUT2D eigenvalue weighted by atomic mass is 10.0. The van der Waals surface area contributed by atoms with Crippen molar-refractivity contribution >= 4 is 20.7 Å². The smallest absolute Gasteiger partial charge is 0.175 e. The highest BCUT2D eigenvalue weighted by molar-refractivity contribution is 7.90. The molecule has 0 aliphatic carbocycles. The summed E-state index contributed by atoms with van der Waals surface area (Å²) < 4.78 is 23.7. The summed E-state index contributed by atoms with van der Waals surface area (Å²) in [6.07, 6.45) is 3.70. The highest BCUT2D eigenvalue weighted by Crippen LogP contribution is 2.30. The van der Waals surface area contributed by atoms with E-state index in [4.69, 9.17) is 4.98 Å². The number of nitrogens with zero attached hydrogens (tertiary/aromatic N) is 3. The van der Waals surface area contributed by atoms with Crippen molar-refractivity contribution in [1.29, 1.82) is 0 Å². The molecule has 0 fully saturated rings. The van der Waals surface area contributed by atoms with Gasteiger partial charge in [0.15, 0.2) is 15.7 Å². The van der Waals surface area contributed by atoms with Gasteiger partial charge < -0.3 is 4.98 Å². The molecule has 0 bridgehead atoms. The highest BCUT2D eigenvalue weighted by Gasteiger charge is 2.16. The second-order valence-corrected chi connectivity index (χ2v) is 9.64. The Labute approximate surface area is 185 Å². The number of nitrogens with one attached hydrogen (secondary N) is 1. The van der Waals surface area contributed by atoms with E-state index >= 15 is 0 Å². The van der Waals surface area contributed by atoms with Crippen molar-refractivity contribution in [2.24, 2.45) is 0 Å². The fourth-order valence-electron chi connectivity index (χ4n) is 3.73. The zero-order valence-corrected chi connectivity index (χ0v) is 18.2. The first-order chi connectivity index (χ1) is 15.5. The maximum atomic E-state index is 11.9. The van der Waals surface area contributed by atoms with Crippen LogP contribution in [0.1, 0.15) is 11.4 Å². The highest BCUT2D eigenvalue weighted by atomic mass is 32.2. The molecule has 7 heteroatoms. The van der Waals surface area contributed by atoms with Gasteiger partial charge >= 0.3 is 0 Å².